The number of hydrogen-bond acceptors (Lipinski definition) is 5. The summed E-state index contributed by atoms with van der Waals surface area (Å²) in [6.07, 6.45) is 1.69. The van der Waals surface area contributed by atoms with Crippen LogP contribution in [-0.2, 0) is 9.63 Å². The fourth-order valence-electron chi connectivity index (χ4n) is 1.08. The molecule has 0 aromatic carbocycles. The average molecular weight is 188 g/mol. The Balaban J connectivity index is 2.13. The predicted octanol–water partition coefficient (Wildman–Crippen LogP) is -1.63. The number of urea groups is 1. The van der Waals surface area contributed by atoms with Crippen LogP contribution in [0.5, 0.6) is 0 Å². The fourth-order valence-corrected chi connectivity index (χ4v) is 1.08. The van der Waals surface area contributed by atoms with Gasteiger partial charge in [0.15, 0.2) is 0 Å². The topological polar surface area (TPSA) is 105 Å². The van der Waals surface area contributed by atoms with Crippen molar-refractivity contribution in [3.8, 4) is 0 Å². The van der Waals surface area contributed by atoms with E-state index in [2.05, 4.69) is 10.2 Å². The van der Waals surface area contributed by atoms with E-state index in [9.17, 15) is 9.59 Å². The molecule has 1 aliphatic rings. The van der Waals surface area contributed by atoms with Crippen LogP contribution in [0.1, 0.15) is 12.8 Å². The molecule has 1 atom stereocenters. The fraction of sp³-hybridized carbons (Fsp3) is 0.667. The van der Waals surface area contributed by atoms with Crippen LogP contribution in [-0.4, -0.2) is 24.6 Å². The summed E-state index contributed by atoms with van der Waals surface area (Å²) in [7, 11) is 0. The molecule has 7 heteroatoms. The van der Waals surface area contributed by atoms with Gasteiger partial charge in [-0.05, 0) is 19.4 Å². The summed E-state index contributed by atoms with van der Waals surface area (Å²) < 4.78 is 0. The quantitative estimate of drug-likeness (QED) is 0.398. The van der Waals surface area contributed by atoms with Crippen molar-refractivity contribution < 1.29 is 14.4 Å². The molecular formula is C6H12N4O3. The van der Waals surface area contributed by atoms with Crippen molar-refractivity contribution in [1.82, 2.24) is 16.3 Å². The molecule has 0 aromatic rings. The van der Waals surface area contributed by atoms with Gasteiger partial charge in [-0.3, -0.25) is 0 Å². The third-order valence-electron chi connectivity index (χ3n) is 1.67. The minimum absolute atomic E-state index is 0.290. The van der Waals surface area contributed by atoms with Gasteiger partial charge >= 0.3 is 12.0 Å². The standard InChI is InChI=1S/C6H12N4O3/c7-6(12)9-10-13-5(11)4-2-1-3-8-4/h4,8,10H,1-3H2,(H3,7,9,12)/t4-/m0/s1. The number of hydrogen-bond donors (Lipinski definition) is 4. The summed E-state index contributed by atoms with van der Waals surface area (Å²) in [5.74, 6) is -0.453. The zero-order chi connectivity index (χ0) is 9.68. The second kappa shape index (κ2) is 4.63. The Hall–Kier alpha value is -1.34. The molecule has 1 fully saturated rings. The van der Waals surface area contributed by atoms with E-state index in [0.717, 1.165) is 19.4 Å². The Morgan fingerprint density at radius 3 is 2.85 bits per heavy atom. The molecule has 0 aromatic heterocycles. The van der Waals surface area contributed by atoms with Crippen molar-refractivity contribution in [2.45, 2.75) is 18.9 Å². The van der Waals surface area contributed by atoms with Gasteiger partial charge in [-0.15, -0.1) is 0 Å². The van der Waals surface area contributed by atoms with Crippen molar-refractivity contribution in [2.75, 3.05) is 6.54 Å². The SMILES string of the molecule is NC(=O)NNOC(=O)[C@@H]1CCCN1. The highest BCUT2D eigenvalue weighted by Gasteiger charge is 2.23. The van der Waals surface area contributed by atoms with E-state index in [1.165, 1.54) is 0 Å². The number of nitrogens with one attached hydrogen (secondary N) is 3. The number of carbonyl (C=O) groups is 2. The molecule has 1 rings (SSSR count). The molecule has 0 bridgehead atoms. The van der Waals surface area contributed by atoms with Gasteiger partial charge in [-0.1, -0.05) is 5.59 Å². The molecule has 2 amide bonds. The van der Waals surface area contributed by atoms with Crippen LogP contribution in [0.25, 0.3) is 0 Å². The maximum Gasteiger partial charge on any atom is 0.343 e. The molecule has 1 saturated heterocycles. The van der Waals surface area contributed by atoms with Gasteiger partial charge in [-0.2, -0.15) is 0 Å². The van der Waals surface area contributed by atoms with Gasteiger partial charge in [0.25, 0.3) is 0 Å². The maximum atomic E-state index is 11.1. The van der Waals surface area contributed by atoms with Crippen LogP contribution in [0.3, 0.4) is 0 Å². The van der Waals surface area contributed by atoms with Crippen LogP contribution >= 0.6 is 0 Å². The zero-order valence-electron chi connectivity index (χ0n) is 7.00. The molecule has 0 saturated carbocycles. The van der Waals surface area contributed by atoms with Crippen LogP contribution < -0.4 is 22.1 Å². The van der Waals surface area contributed by atoms with Gasteiger partial charge in [-0.25, -0.2) is 15.0 Å². The monoisotopic (exact) mass is 188 g/mol. The highest BCUT2D eigenvalue weighted by Crippen LogP contribution is 2.05. The summed E-state index contributed by atoms with van der Waals surface area (Å²) in [5.41, 5.74) is 8.58. The number of amides is 2. The number of nitrogens with two attached hydrogens (primary N) is 1. The van der Waals surface area contributed by atoms with E-state index in [4.69, 9.17) is 5.73 Å². The van der Waals surface area contributed by atoms with Crippen molar-refractivity contribution in [2.24, 2.45) is 5.73 Å². The lowest BCUT2D eigenvalue weighted by atomic mass is 10.2. The van der Waals surface area contributed by atoms with Gasteiger partial charge < -0.3 is 15.9 Å². The Morgan fingerprint density at radius 2 is 2.31 bits per heavy atom. The Morgan fingerprint density at radius 1 is 1.54 bits per heavy atom. The van der Waals surface area contributed by atoms with E-state index in [1.54, 1.807) is 0 Å². The van der Waals surface area contributed by atoms with E-state index in [-0.39, 0.29) is 6.04 Å². The number of rotatable bonds is 3. The molecule has 0 radical (unpaired) electrons. The van der Waals surface area contributed by atoms with Crippen LogP contribution in [0, 0.1) is 0 Å². The van der Waals surface area contributed by atoms with Gasteiger partial charge in [0.1, 0.15) is 6.04 Å². The summed E-state index contributed by atoms with van der Waals surface area (Å²) in [5, 5.41) is 2.94. The second-order valence-electron chi connectivity index (χ2n) is 2.66. The highest BCUT2D eigenvalue weighted by molar-refractivity contribution is 5.76. The molecule has 74 valence electrons. The van der Waals surface area contributed by atoms with Gasteiger partial charge in [0.05, 0.1) is 0 Å². The molecule has 5 N–H and O–H groups in total. The summed E-state index contributed by atoms with van der Waals surface area (Å²) >= 11 is 0. The van der Waals surface area contributed by atoms with E-state index in [0.29, 0.717) is 0 Å². The van der Waals surface area contributed by atoms with Crippen molar-refractivity contribution in [3.05, 3.63) is 0 Å². The van der Waals surface area contributed by atoms with E-state index >= 15 is 0 Å². The molecule has 0 unspecified atom stereocenters. The van der Waals surface area contributed by atoms with Gasteiger partial charge in [0.2, 0.25) is 0 Å². The minimum Gasteiger partial charge on any atom is -0.350 e. The summed E-state index contributed by atoms with van der Waals surface area (Å²) in [6.45, 7) is 0.809. The first-order valence-corrected chi connectivity index (χ1v) is 3.94. The summed E-state index contributed by atoms with van der Waals surface area (Å²) in [4.78, 5) is 25.7. The summed E-state index contributed by atoms with van der Waals surface area (Å²) in [6, 6.07) is -1.10. The number of hydrazine groups is 1. The lowest BCUT2D eigenvalue weighted by Crippen LogP contribution is -2.45. The molecule has 1 aliphatic heterocycles. The highest BCUT2D eigenvalue weighted by atomic mass is 16.7. The Labute approximate surface area is 74.9 Å². The van der Waals surface area contributed by atoms with Crippen molar-refractivity contribution in [1.29, 1.82) is 0 Å². The van der Waals surface area contributed by atoms with Crippen LogP contribution in [0.15, 0.2) is 0 Å². The number of primary amides is 1. The van der Waals surface area contributed by atoms with Crippen LogP contribution in [0.4, 0.5) is 4.79 Å². The number of carbonyl (C=O) groups excluding carboxylic acids is 2. The van der Waals surface area contributed by atoms with Crippen LogP contribution in [0.2, 0.25) is 0 Å². The minimum atomic E-state index is -0.813. The first-order chi connectivity index (χ1) is 6.20. The Kier molecular flexibility index (Phi) is 3.47. The second-order valence-corrected chi connectivity index (χ2v) is 2.66. The first-order valence-electron chi connectivity index (χ1n) is 3.94. The van der Waals surface area contributed by atoms with Crippen molar-refractivity contribution >= 4 is 12.0 Å². The first kappa shape index (κ1) is 9.75. The molecule has 0 aliphatic carbocycles. The smallest absolute Gasteiger partial charge is 0.343 e. The van der Waals surface area contributed by atoms with E-state index < -0.39 is 12.0 Å². The third kappa shape index (κ3) is 3.26. The lowest BCUT2D eigenvalue weighted by molar-refractivity contribution is -0.154. The molecule has 0 spiro atoms. The molecule has 13 heavy (non-hydrogen) atoms. The van der Waals surface area contributed by atoms with E-state index in [1.807, 2.05) is 11.0 Å². The molecular weight excluding hydrogens is 176 g/mol. The van der Waals surface area contributed by atoms with Gasteiger partial charge in [0, 0.05) is 0 Å². The maximum absolute atomic E-state index is 11.1. The predicted molar refractivity (Wildman–Crippen MR) is 43.0 cm³/mol. The normalized spacial score (nSPS) is 21.1. The third-order valence-corrected chi connectivity index (χ3v) is 1.67. The average Bonchev–Trinajstić information content (AvgIpc) is 2.55. The Bertz CT molecular complexity index is 202. The molecule has 1 heterocycles. The van der Waals surface area contributed by atoms with Crippen molar-refractivity contribution in [3.63, 3.8) is 0 Å². The lowest BCUT2D eigenvalue weighted by Gasteiger charge is -2.09. The largest absolute Gasteiger partial charge is 0.350 e. The zero-order valence-corrected chi connectivity index (χ0v) is 7.00. The molecule has 7 nitrogen and oxygen atoms in total.